The Morgan fingerprint density at radius 2 is 2.00 bits per heavy atom. The normalized spacial score (nSPS) is 11.3. The summed E-state index contributed by atoms with van der Waals surface area (Å²) in [7, 11) is 1.57. The predicted octanol–water partition coefficient (Wildman–Crippen LogP) is 3.72. The van der Waals surface area contributed by atoms with Crippen LogP contribution >= 0.6 is 71.3 Å². The first-order valence-corrected chi connectivity index (χ1v) is 5.55. The van der Waals surface area contributed by atoms with Crippen LogP contribution in [0, 0.1) is 0 Å². The fourth-order valence-corrected chi connectivity index (χ4v) is 2.63. The van der Waals surface area contributed by atoms with Crippen molar-refractivity contribution in [2.45, 2.75) is 1.47 Å². The van der Waals surface area contributed by atoms with Crippen molar-refractivity contribution in [3.63, 3.8) is 0 Å². The monoisotopic (exact) mass is 373 g/mol. The lowest BCUT2D eigenvalue weighted by Crippen LogP contribution is -2.15. The van der Waals surface area contributed by atoms with Crippen LogP contribution in [0.15, 0.2) is 0 Å². The van der Waals surface area contributed by atoms with E-state index in [1.165, 1.54) is 16.3 Å². The molecule has 0 aromatic heterocycles. The van der Waals surface area contributed by atoms with Gasteiger partial charge in [0.2, 0.25) is 0 Å². The van der Waals surface area contributed by atoms with E-state index >= 15 is 0 Å². The van der Waals surface area contributed by atoms with Crippen LogP contribution in [-0.4, -0.2) is 18.2 Å². The van der Waals surface area contributed by atoms with Gasteiger partial charge in [-0.05, 0) is 71.3 Å². The van der Waals surface area contributed by atoms with Gasteiger partial charge >= 0.3 is 5.37 Å². The Kier molecular flexibility index (Phi) is 5.25. The van der Waals surface area contributed by atoms with Gasteiger partial charge in [-0.2, -0.15) is 0 Å². The highest BCUT2D eigenvalue weighted by atomic mass is 80.0. The first-order chi connectivity index (χ1) is 4.33. The molecule has 0 spiro atoms. The van der Waals surface area contributed by atoms with E-state index in [0.29, 0.717) is 0 Å². The zero-order valence-electron chi connectivity index (χ0n) is 4.78. The topological polar surface area (TPSA) is 20.3 Å². The minimum atomic E-state index is -0.522. The second-order valence-corrected chi connectivity index (χ2v) is 11.3. The van der Waals surface area contributed by atoms with Crippen LogP contribution < -0.4 is 0 Å². The summed E-state index contributed by atoms with van der Waals surface area (Å²) in [4.78, 5) is 10.4. The van der Waals surface area contributed by atoms with Gasteiger partial charge in [0.05, 0.1) is 0 Å². The number of alkyl halides is 3. The van der Waals surface area contributed by atoms with Crippen molar-refractivity contribution >= 4 is 76.7 Å². The summed E-state index contributed by atoms with van der Waals surface area (Å²) in [6.07, 6.45) is 0. The van der Waals surface area contributed by atoms with E-state index in [2.05, 4.69) is 47.8 Å². The van der Waals surface area contributed by atoms with E-state index in [0.717, 1.165) is 0 Å². The molecule has 0 rings (SSSR count). The highest BCUT2D eigenvalue weighted by Crippen LogP contribution is 2.46. The van der Waals surface area contributed by atoms with E-state index in [9.17, 15) is 4.79 Å². The van der Waals surface area contributed by atoms with Gasteiger partial charge in [0, 0.05) is 7.05 Å². The maximum atomic E-state index is 10.4. The van der Waals surface area contributed by atoms with E-state index in [-0.39, 0.29) is 0 Å². The van der Waals surface area contributed by atoms with Gasteiger partial charge in [-0.3, -0.25) is 9.10 Å². The summed E-state index contributed by atoms with van der Waals surface area (Å²) in [6, 6.07) is 0. The number of carbonyl (C=O) groups excluding carboxylic acids is 1. The van der Waals surface area contributed by atoms with Crippen LogP contribution in [-0.2, 0) is 0 Å². The average molecular weight is 376 g/mol. The maximum Gasteiger partial charge on any atom is 0.326 e. The van der Waals surface area contributed by atoms with Crippen molar-refractivity contribution in [1.29, 1.82) is 0 Å². The molecule has 7 heteroatoms. The molecule has 10 heavy (non-hydrogen) atoms. The highest BCUT2D eigenvalue weighted by molar-refractivity contribution is 9.42. The third-order valence-electron chi connectivity index (χ3n) is 0.488. The summed E-state index contributed by atoms with van der Waals surface area (Å²) in [6.45, 7) is 0. The molecule has 2 nitrogen and oxygen atoms in total. The quantitative estimate of drug-likeness (QED) is 0.301. The molecule has 60 valence electrons. The molecular weight excluding hydrogens is 373 g/mol. The van der Waals surface area contributed by atoms with E-state index in [1.807, 2.05) is 0 Å². The van der Waals surface area contributed by atoms with Crippen molar-refractivity contribution < 1.29 is 4.79 Å². The van der Waals surface area contributed by atoms with Gasteiger partial charge in [0.1, 0.15) is 0 Å². The van der Waals surface area contributed by atoms with Gasteiger partial charge in [-0.1, -0.05) is 0 Å². The second kappa shape index (κ2) is 4.54. The van der Waals surface area contributed by atoms with E-state index in [4.69, 9.17) is 11.6 Å². The predicted molar refractivity (Wildman–Crippen MR) is 56.1 cm³/mol. The summed E-state index contributed by atoms with van der Waals surface area (Å²) in [5, 5.41) is -0.521. The summed E-state index contributed by atoms with van der Waals surface area (Å²) < 4.78 is 0.756. The first kappa shape index (κ1) is 11.6. The number of halogens is 4. The van der Waals surface area contributed by atoms with Crippen molar-refractivity contribution in [2.75, 3.05) is 7.05 Å². The van der Waals surface area contributed by atoms with Crippen LogP contribution in [0.4, 0.5) is 4.79 Å². The van der Waals surface area contributed by atoms with E-state index in [1.54, 1.807) is 7.05 Å². The molecule has 0 radical (unpaired) electrons. The molecule has 0 heterocycles. The molecule has 1 amide bonds. The highest BCUT2D eigenvalue weighted by Gasteiger charge is 2.23. The lowest BCUT2D eigenvalue weighted by Gasteiger charge is -2.17. The fraction of sp³-hybridized carbons (Fsp3) is 0.667. The summed E-state index contributed by atoms with van der Waals surface area (Å²) >= 11 is 15.9. The van der Waals surface area contributed by atoms with Gasteiger partial charge < -0.3 is 0 Å². The molecule has 0 fully saturated rings. The molecule has 0 aromatic rings. The van der Waals surface area contributed by atoms with E-state index < -0.39 is 6.84 Å². The third-order valence-corrected chi connectivity index (χ3v) is 2.79. The van der Waals surface area contributed by atoms with Crippen LogP contribution in [0.2, 0.25) is 0 Å². The summed E-state index contributed by atoms with van der Waals surface area (Å²) in [5.74, 6) is 0. The Labute approximate surface area is 93.6 Å². The van der Waals surface area contributed by atoms with Gasteiger partial charge in [0.15, 0.2) is 1.47 Å². The Bertz CT molecular complexity index is 138. The van der Waals surface area contributed by atoms with Crippen molar-refractivity contribution in [2.24, 2.45) is 0 Å². The van der Waals surface area contributed by atoms with Crippen LogP contribution in [0.1, 0.15) is 0 Å². The number of nitrogens with zero attached hydrogens (tertiary/aromatic N) is 1. The van der Waals surface area contributed by atoms with Crippen molar-refractivity contribution in [1.82, 2.24) is 4.31 Å². The molecule has 0 aliphatic rings. The number of hydrogen-bond acceptors (Lipinski definition) is 2. The lowest BCUT2D eigenvalue weighted by molar-refractivity contribution is 0.251. The lowest BCUT2D eigenvalue weighted by atomic mass is 11.2. The second-order valence-electron chi connectivity index (χ2n) is 1.29. The standard InChI is InChI=1S/C3H3Br3ClNOS/c1-8(2(7)9)10-3(4,5)6/h1H3. The molecule has 0 atom stereocenters. The largest absolute Gasteiger partial charge is 0.326 e. The molecule has 0 saturated heterocycles. The zero-order valence-corrected chi connectivity index (χ0v) is 11.1. The Morgan fingerprint density at radius 1 is 1.60 bits per heavy atom. The molecular formula is C3H3Br3ClNOS. The molecule has 0 N–H and O–H groups in total. The number of amides is 1. The van der Waals surface area contributed by atoms with Crippen molar-refractivity contribution in [3.05, 3.63) is 0 Å². The SMILES string of the molecule is CN(SC(Br)(Br)Br)C(=O)Cl. The van der Waals surface area contributed by atoms with Gasteiger partial charge in [-0.15, -0.1) is 0 Å². The number of rotatable bonds is 1. The minimum Gasteiger partial charge on any atom is -0.273 e. The Hall–Kier alpha value is 1.55. The molecule has 0 aliphatic heterocycles. The van der Waals surface area contributed by atoms with Crippen molar-refractivity contribution in [3.8, 4) is 0 Å². The molecule has 0 aromatic carbocycles. The van der Waals surface area contributed by atoms with Gasteiger partial charge in [0.25, 0.3) is 0 Å². The fourth-order valence-electron chi connectivity index (χ4n) is 0.191. The molecule has 0 saturated carbocycles. The maximum absolute atomic E-state index is 10.4. The van der Waals surface area contributed by atoms with Gasteiger partial charge in [-0.25, -0.2) is 0 Å². The third kappa shape index (κ3) is 6.27. The minimum absolute atomic E-state index is 0.521. The Balaban J connectivity index is 3.80. The molecule has 0 unspecified atom stereocenters. The first-order valence-electron chi connectivity index (χ1n) is 2.02. The average Bonchev–Trinajstić information content (AvgIpc) is 1.60. The Morgan fingerprint density at radius 3 is 2.10 bits per heavy atom. The molecule has 0 aliphatic carbocycles. The van der Waals surface area contributed by atoms with Crippen LogP contribution in [0.25, 0.3) is 0 Å². The zero-order chi connectivity index (χ0) is 8.36. The van der Waals surface area contributed by atoms with Crippen LogP contribution in [0.5, 0.6) is 0 Å². The number of hydrogen-bond donors (Lipinski definition) is 0. The molecule has 0 bridgehead atoms. The van der Waals surface area contributed by atoms with Crippen LogP contribution in [0.3, 0.4) is 0 Å². The summed E-state index contributed by atoms with van der Waals surface area (Å²) in [5.41, 5.74) is 0. The number of carbonyl (C=O) groups is 1. The smallest absolute Gasteiger partial charge is 0.273 e.